The monoisotopic (exact) mass is 241 g/mol. The molecule has 4 heteroatoms. The van der Waals surface area contributed by atoms with Gasteiger partial charge in [0, 0.05) is 18.0 Å². The van der Waals surface area contributed by atoms with Gasteiger partial charge in [-0.2, -0.15) is 0 Å². The average Bonchev–Trinajstić information content (AvgIpc) is 2.72. The molecular formula is C12H19NO2S. The smallest absolute Gasteiger partial charge is 0.307 e. The van der Waals surface area contributed by atoms with Crippen LogP contribution in [0.2, 0.25) is 0 Å². The average molecular weight is 241 g/mol. The van der Waals surface area contributed by atoms with E-state index in [0.29, 0.717) is 19.6 Å². The molecule has 0 fully saturated rings. The van der Waals surface area contributed by atoms with Gasteiger partial charge in [-0.05, 0) is 30.4 Å². The van der Waals surface area contributed by atoms with Crippen molar-refractivity contribution in [3.63, 3.8) is 0 Å². The molecule has 16 heavy (non-hydrogen) atoms. The summed E-state index contributed by atoms with van der Waals surface area (Å²) in [6.45, 7) is 5.97. The Kier molecular flexibility index (Phi) is 6.11. The van der Waals surface area contributed by atoms with Crippen molar-refractivity contribution < 1.29 is 9.53 Å². The zero-order chi connectivity index (χ0) is 11.8. The van der Waals surface area contributed by atoms with Crippen LogP contribution >= 0.6 is 11.3 Å². The van der Waals surface area contributed by atoms with E-state index >= 15 is 0 Å². The summed E-state index contributed by atoms with van der Waals surface area (Å²) in [7, 11) is 0. The molecule has 0 atom stereocenters. The number of carbonyl (C=O) groups is 1. The third-order valence-corrected chi connectivity index (χ3v) is 3.28. The van der Waals surface area contributed by atoms with Gasteiger partial charge in [0.2, 0.25) is 0 Å². The molecule has 0 bridgehead atoms. The topological polar surface area (TPSA) is 38.3 Å². The Balaban J connectivity index is 2.18. The molecule has 0 saturated heterocycles. The van der Waals surface area contributed by atoms with E-state index in [4.69, 9.17) is 4.74 Å². The van der Waals surface area contributed by atoms with E-state index in [1.54, 1.807) is 11.3 Å². The fraction of sp³-hybridized carbons (Fsp3) is 0.583. The first-order valence-corrected chi connectivity index (χ1v) is 6.57. The van der Waals surface area contributed by atoms with E-state index in [-0.39, 0.29) is 5.97 Å². The van der Waals surface area contributed by atoms with Gasteiger partial charge in [0.05, 0.1) is 13.0 Å². The first-order chi connectivity index (χ1) is 7.77. The number of rotatable bonds is 7. The molecule has 1 rings (SSSR count). The third kappa shape index (κ3) is 4.33. The summed E-state index contributed by atoms with van der Waals surface area (Å²) in [5.74, 6) is -0.128. The lowest BCUT2D eigenvalue weighted by Gasteiger charge is -2.04. The van der Waals surface area contributed by atoms with Crippen LogP contribution in [0, 0.1) is 0 Å². The molecule has 0 spiro atoms. The van der Waals surface area contributed by atoms with Gasteiger partial charge in [0.1, 0.15) is 0 Å². The normalized spacial score (nSPS) is 10.4. The number of nitrogens with one attached hydrogen (secondary N) is 1. The Bertz CT molecular complexity index is 323. The lowest BCUT2D eigenvalue weighted by molar-refractivity contribution is -0.142. The van der Waals surface area contributed by atoms with Crippen molar-refractivity contribution in [2.75, 3.05) is 13.2 Å². The summed E-state index contributed by atoms with van der Waals surface area (Å²) >= 11 is 1.76. The SMILES string of the molecule is CCOC(=O)CCNCc1sccc1CC. The maximum atomic E-state index is 11.1. The van der Waals surface area contributed by atoms with Crippen LogP contribution < -0.4 is 5.32 Å². The quantitative estimate of drug-likeness (QED) is 0.588. The highest BCUT2D eigenvalue weighted by Gasteiger charge is 2.03. The molecule has 1 heterocycles. The molecule has 0 aliphatic rings. The Morgan fingerprint density at radius 1 is 1.50 bits per heavy atom. The molecule has 0 aromatic carbocycles. The van der Waals surface area contributed by atoms with E-state index in [1.165, 1.54) is 10.4 Å². The largest absolute Gasteiger partial charge is 0.466 e. The highest BCUT2D eigenvalue weighted by atomic mass is 32.1. The van der Waals surface area contributed by atoms with E-state index in [2.05, 4.69) is 23.7 Å². The minimum atomic E-state index is -0.128. The summed E-state index contributed by atoms with van der Waals surface area (Å²) in [6.07, 6.45) is 1.51. The van der Waals surface area contributed by atoms with Gasteiger partial charge in [-0.1, -0.05) is 6.92 Å². The second kappa shape index (κ2) is 7.41. The Morgan fingerprint density at radius 2 is 2.31 bits per heavy atom. The van der Waals surface area contributed by atoms with Gasteiger partial charge in [-0.3, -0.25) is 4.79 Å². The lowest BCUT2D eigenvalue weighted by atomic mass is 10.2. The van der Waals surface area contributed by atoms with Crippen LogP contribution in [0.15, 0.2) is 11.4 Å². The summed E-state index contributed by atoms with van der Waals surface area (Å²) < 4.78 is 4.85. The third-order valence-electron chi connectivity index (χ3n) is 2.32. The van der Waals surface area contributed by atoms with E-state index < -0.39 is 0 Å². The Hall–Kier alpha value is -0.870. The predicted molar refractivity (Wildman–Crippen MR) is 66.7 cm³/mol. The first-order valence-electron chi connectivity index (χ1n) is 5.69. The van der Waals surface area contributed by atoms with Gasteiger partial charge >= 0.3 is 5.97 Å². The molecule has 1 aromatic heterocycles. The van der Waals surface area contributed by atoms with Crippen LogP contribution in [0.4, 0.5) is 0 Å². The summed E-state index contributed by atoms with van der Waals surface area (Å²) in [6, 6.07) is 2.16. The van der Waals surface area contributed by atoms with Crippen molar-refractivity contribution in [2.24, 2.45) is 0 Å². The summed E-state index contributed by atoms with van der Waals surface area (Å²) in [5.41, 5.74) is 1.40. The van der Waals surface area contributed by atoms with Crippen LogP contribution in [-0.2, 0) is 22.5 Å². The lowest BCUT2D eigenvalue weighted by Crippen LogP contribution is -2.19. The molecule has 90 valence electrons. The van der Waals surface area contributed by atoms with Crippen molar-refractivity contribution in [3.05, 3.63) is 21.9 Å². The molecule has 0 saturated carbocycles. The van der Waals surface area contributed by atoms with E-state index in [0.717, 1.165) is 13.0 Å². The van der Waals surface area contributed by atoms with E-state index in [1.807, 2.05) is 6.92 Å². The van der Waals surface area contributed by atoms with Crippen molar-refractivity contribution in [3.8, 4) is 0 Å². The van der Waals surface area contributed by atoms with Gasteiger partial charge in [-0.15, -0.1) is 11.3 Å². The molecule has 3 nitrogen and oxygen atoms in total. The minimum Gasteiger partial charge on any atom is -0.466 e. The molecule has 1 aromatic rings. The van der Waals surface area contributed by atoms with Crippen LogP contribution in [0.3, 0.4) is 0 Å². The standard InChI is InChI=1S/C12H19NO2S/c1-3-10-6-8-16-11(10)9-13-7-5-12(14)15-4-2/h6,8,13H,3-5,7,9H2,1-2H3. The number of ether oxygens (including phenoxy) is 1. The Morgan fingerprint density at radius 3 is 3.00 bits per heavy atom. The first kappa shape index (κ1) is 13.2. The van der Waals surface area contributed by atoms with Gasteiger partial charge in [-0.25, -0.2) is 0 Å². The van der Waals surface area contributed by atoms with Gasteiger partial charge in [0.25, 0.3) is 0 Å². The maximum Gasteiger partial charge on any atom is 0.307 e. The predicted octanol–water partition coefficient (Wildman–Crippen LogP) is 2.35. The van der Waals surface area contributed by atoms with Crippen LogP contribution in [-0.4, -0.2) is 19.1 Å². The number of hydrogen-bond acceptors (Lipinski definition) is 4. The van der Waals surface area contributed by atoms with E-state index in [9.17, 15) is 4.79 Å². The van der Waals surface area contributed by atoms with Gasteiger partial charge in [0.15, 0.2) is 0 Å². The fourth-order valence-corrected chi connectivity index (χ4v) is 2.41. The zero-order valence-corrected chi connectivity index (χ0v) is 10.7. The molecule has 0 aliphatic heterocycles. The second-order valence-electron chi connectivity index (χ2n) is 3.45. The molecule has 0 aliphatic carbocycles. The number of esters is 1. The van der Waals surface area contributed by atoms with Crippen molar-refractivity contribution in [2.45, 2.75) is 33.2 Å². The van der Waals surface area contributed by atoms with Crippen molar-refractivity contribution in [1.82, 2.24) is 5.32 Å². The fourth-order valence-electron chi connectivity index (χ4n) is 1.46. The number of hydrogen-bond donors (Lipinski definition) is 1. The van der Waals surface area contributed by atoms with Crippen molar-refractivity contribution >= 4 is 17.3 Å². The highest BCUT2D eigenvalue weighted by Crippen LogP contribution is 2.16. The number of aryl methyl sites for hydroxylation is 1. The van der Waals surface area contributed by atoms with Crippen LogP contribution in [0.1, 0.15) is 30.7 Å². The van der Waals surface area contributed by atoms with Crippen molar-refractivity contribution in [1.29, 1.82) is 0 Å². The summed E-state index contributed by atoms with van der Waals surface area (Å²) in [4.78, 5) is 12.4. The van der Waals surface area contributed by atoms with Gasteiger partial charge < -0.3 is 10.1 Å². The second-order valence-corrected chi connectivity index (χ2v) is 4.46. The summed E-state index contributed by atoms with van der Waals surface area (Å²) in [5, 5.41) is 5.37. The zero-order valence-electron chi connectivity index (χ0n) is 9.91. The van der Waals surface area contributed by atoms with Crippen LogP contribution in [0.5, 0.6) is 0 Å². The number of thiophene rings is 1. The molecule has 0 amide bonds. The van der Waals surface area contributed by atoms with Crippen LogP contribution in [0.25, 0.3) is 0 Å². The molecule has 0 radical (unpaired) electrons. The minimum absolute atomic E-state index is 0.128. The molecule has 0 unspecified atom stereocenters. The molecule has 1 N–H and O–H groups in total. The molecular weight excluding hydrogens is 222 g/mol. The number of carbonyl (C=O) groups excluding carboxylic acids is 1. The Labute approximate surface area is 101 Å². The highest BCUT2D eigenvalue weighted by molar-refractivity contribution is 7.10. The maximum absolute atomic E-state index is 11.1.